The second kappa shape index (κ2) is 12.3. The molecule has 1 aromatic carbocycles. The Morgan fingerprint density at radius 3 is 2.47 bits per heavy atom. The molecular formula is C25H40N2O7. The smallest absolute Gasteiger partial charge is 0.410 e. The first kappa shape index (κ1) is 27.7. The normalized spacial score (nSPS) is 18.2. The molecule has 2 unspecified atom stereocenters. The van der Waals surface area contributed by atoms with Gasteiger partial charge in [-0.3, -0.25) is 4.79 Å². The van der Waals surface area contributed by atoms with Crippen molar-refractivity contribution in [3.63, 3.8) is 0 Å². The zero-order valence-corrected chi connectivity index (χ0v) is 21.5. The molecular weight excluding hydrogens is 440 g/mol. The van der Waals surface area contributed by atoms with E-state index in [2.05, 4.69) is 0 Å². The van der Waals surface area contributed by atoms with Gasteiger partial charge in [0.2, 0.25) is 0 Å². The van der Waals surface area contributed by atoms with Crippen LogP contribution in [0.4, 0.5) is 4.79 Å². The maximum Gasteiger partial charge on any atom is 0.410 e. The monoisotopic (exact) mass is 480 g/mol. The summed E-state index contributed by atoms with van der Waals surface area (Å²) in [6.45, 7) is 10.8. The Morgan fingerprint density at radius 2 is 1.88 bits per heavy atom. The second-order valence-electron chi connectivity index (χ2n) is 9.71. The van der Waals surface area contributed by atoms with Crippen LogP contribution >= 0.6 is 0 Å². The number of hydrogen-bond acceptors (Lipinski definition) is 7. The third kappa shape index (κ3) is 7.50. The molecule has 1 aliphatic rings. The van der Waals surface area contributed by atoms with E-state index < -0.39 is 23.8 Å². The fourth-order valence-electron chi connectivity index (χ4n) is 3.81. The van der Waals surface area contributed by atoms with E-state index in [-0.39, 0.29) is 18.5 Å². The van der Waals surface area contributed by atoms with Crippen LogP contribution in [0.1, 0.15) is 57.8 Å². The van der Waals surface area contributed by atoms with Gasteiger partial charge in [-0.15, -0.1) is 0 Å². The summed E-state index contributed by atoms with van der Waals surface area (Å²) in [5, 5.41) is 10.6. The van der Waals surface area contributed by atoms with Crippen molar-refractivity contribution in [3.05, 3.63) is 23.8 Å². The number of amides is 2. The minimum atomic E-state index is -0.739. The number of methoxy groups -OCH3 is 2. The number of carbonyl (C=O) groups is 2. The molecule has 0 aliphatic carbocycles. The van der Waals surface area contributed by atoms with Crippen LogP contribution in [0.5, 0.6) is 11.5 Å². The lowest BCUT2D eigenvalue weighted by molar-refractivity contribution is 0.00838. The minimum Gasteiger partial charge on any atom is -0.493 e. The zero-order chi connectivity index (χ0) is 25.5. The van der Waals surface area contributed by atoms with Crippen LogP contribution in [0, 0.1) is 0 Å². The van der Waals surface area contributed by atoms with Crippen molar-refractivity contribution in [1.29, 1.82) is 0 Å². The molecule has 34 heavy (non-hydrogen) atoms. The summed E-state index contributed by atoms with van der Waals surface area (Å²) in [5.41, 5.74) is -0.210. The van der Waals surface area contributed by atoms with Crippen LogP contribution in [0.2, 0.25) is 0 Å². The van der Waals surface area contributed by atoms with E-state index in [0.29, 0.717) is 49.7 Å². The van der Waals surface area contributed by atoms with Crippen molar-refractivity contribution in [2.24, 2.45) is 0 Å². The standard InChI is InChI=1S/C25H40N2O7/c1-17(2)27(16-19-20(28)11-12-26(19)24(30)34-25(3,4)5)23(29)18-9-10-21(32-7)22(15-18)33-14-8-13-31-6/h9-10,15,17,19-20,28H,8,11-14,16H2,1-7H3. The quantitative estimate of drug-likeness (QED) is 0.513. The zero-order valence-electron chi connectivity index (χ0n) is 21.5. The number of benzene rings is 1. The van der Waals surface area contributed by atoms with Gasteiger partial charge in [0, 0.05) is 44.8 Å². The Balaban J connectivity index is 2.22. The average Bonchev–Trinajstić information content (AvgIpc) is 3.13. The number of aliphatic hydroxyl groups is 1. The predicted molar refractivity (Wildman–Crippen MR) is 129 cm³/mol. The third-order valence-electron chi connectivity index (χ3n) is 5.57. The van der Waals surface area contributed by atoms with Gasteiger partial charge < -0.3 is 33.9 Å². The van der Waals surface area contributed by atoms with E-state index in [9.17, 15) is 14.7 Å². The first-order valence-corrected chi connectivity index (χ1v) is 11.8. The molecule has 1 aliphatic heterocycles. The SMILES string of the molecule is COCCCOc1cc(C(=O)N(CC2C(O)CCN2C(=O)OC(C)(C)C)C(C)C)ccc1OC. The molecule has 0 spiro atoms. The van der Waals surface area contributed by atoms with Gasteiger partial charge in [0.05, 0.1) is 25.9 Å². The first-order valence-electron chi connectivity index (χ1n) is 11.8. The molecule has 9 nitrogen and oxygen atoms in total. The highest BCUT2D eigenvalue weighted by Crippen LogP contribution is 2.30. The number of hydrogen-bond donors (Lipinski definition) is 1. The van der Waals surface area contributed by atoms with Crippen LogP contribution in [0.25, 0.3) is 0 Å². The molecule has 0 bridgehead atoms. The van der Waals surface area contributed by atoms with Crippen LogP contribution < -0.4 is 9.47 Å². The van der Waals surface area contributed by atoms with Gasteiger partial charge in [-0.2, -0.15) is 0 Å². The lowest BCUT2D eigenvalue weighted by Crippen LogP contribution is -2.51. The molecule has 0 aromatic heterocycles. The van der Waals surface area contributed by atoms with Gasteiger partial charge in [0.25, 0.3) is 5.91 Å². The van der Waals surface area contributed by atoms with Gasteiger partial charge in [0.1, 0.15) is 5.60 Å². The van der Waals surface area contributed by atoms with Crippen molar-refractivity contribution in [2.75, 3.05) is 40.5 Å². The Hall–Kier alpha value is -2.52. The largest absolute Gasteiger partial charge is 0.493 e. The second-order valence-corrected chi connectivity index (χ2v) is 9.71. The summed E-state index contributed by atoms with van der Waals surface area (Å²) in [4.78, 5) is 29.4. The fourth-order valence-corrected chi connectivity index (χ4v) is 3.81. The summed E-state index contributed by atoms with van der Waals surface area (Å²) < 4.78 is 21.8. The number of rotatable bonds is 10. The Labute approximate surface area is 202 Å². The number of aliphatic hydroxyl groups excluding tert-OH is 1. The summed E-state index contributed by atoms with van der Waals surface area (Å²) in [6, 6.07) is 4.35. The van der Waals surface area contributed by atoms with E-state index >= 15 is 0 Å². The molecule has 1 aromatic rings. The van der Waals surface area contributed by atoms with Gasteiger partial charge in [-0.25, -0.2) is 4.79 Å². The summed E-state index contributed by atoms with van der Waals surface area (Å²) in [7, 11) is 3.18. The van der Waals surface area contributed by atoms with Crippen molar-refractivity contribution in [2.45, 2.75) is 71.2 Å². The molecule has 1 N–H and O–H groups in total. The van der Waals surface area contributed by atoms with E-state index in [1.54, 1.807) is 58.1 Å². The van der Waals surface area contributed by atoms with Crippen LogP contribution in [-0.2, 0) is 9.47 Å². The fraction of sp³-hybridized carbons (Fsp3) is 0.680. The van der Waals surface area contributed by atoms with Crippen LogP contribution in [0.3, 0.4) is 0 Å². The lowest BCUT2D eigenvalue weighted by atomic mass is 10.1. The van der Waals surface area contributed by atoms with Crippen molar-refractivity contribution >= 4 is 12.0 Å². The Bertz CT molecular complexity index is 822. The van der Waals surface area contributed by atoms with E-state index in [1.165, 1.54) is 4.90 Å². The number of nitrogens with zero attached hydrogens (tertiary/aromatic N) is 2. The lowest BCUT2D eigenvalue weighted by Gasteiger charge is -2.35. The van der Waals surface area contributed by atoms with Crippen molar-refractivity contribution in [3.8, 4) is 11.5 Å². The molecule has 0 saturated carbocycles. The Morgan fingerprint density at radius 1 is 1.18 bits per heavy atom. The first-order chi connectivity index (χ1) is 16.0. The topological polar surface area (TPSA) is 97.8 Å². The number of ether oxygens (including phenoxy) is 4. The molecule has 1 heterocycles. The highest BCUT2D eigenvalue weighted by Gasteiger charge is 2.40. The van der Waals surface area contributed by atoms with Crippen molar-refractivity contribution in [1.82, 2.24) is 9.80 Å². The summed E-state index contributed by atoms with van der Waals surface area (Å²) >= 11 is 0. The summed E-state index contributed by atoms with van der Waals surface area (Å²) in [6.07, 6.45) is -0.0827. The molecule has 192 valence electrons. The minimum absolute atomic E-state index is 0.158. The van der Waals surface area contributed by atoms with E-state index in [1.807, 2.05) is 13.8 Å². The maximum atomic E-state index is 13.5. The third-order valence-corrected chi connectivity index (χ3v) is 5.57. The molecule has 0 radical (unpaired) electrons. The highest BCUT2D eigenvalue weighted by atomic mass is 16.6. The van der Waals surface area contributed by atoms with Gasteiger partial charge in [-0.1, -0.05) is 0 Å². The van der Waals surface area contributed by atoms with Gasteiger partial charge in [-0.05, 0) is 59.2 Å². The molecule has 2 rings (SSSR count). The van der Waals surface area contributed by atoms with Gasteiger partial charge >= 0.3 is 6.09 Å². The predicted octanol–water partition coefficient (Wildman–Crippen LogP) is 3.33. The molecule has 9 heteroatoms. The van der Waals surface area contributed by atoms with Crippen LogP contribution in [-0.4, -0.2) is 91.2 Å². The molecule has 2 amide bonds. The van der Waals surface area contributed by atoms with E-state index in [4.69, 9.17) is 18.9 Å². The highest BCUT2D eigenvalue weighted by molar-refractivity contribution is 5.95. The van der Waals surface area contributed by atoms with Crippen LogP contribution in [0.15, 0.2) is 18.2 Å². The average molecular weight is 481 g/mol. The maximum absolute atomic E-state index is 13.5. The molecule has 1 fully saturated rings. The van der Waals surface area contributed by atoms with Gasteiger partial charge in [0.15, 0.2) is 11.5 Å². The Kier molecular flexibility index (Phi) is 10.00. The molecule has 1 saturated heterocycles. The molecule has 2 atom stereocenters. The number of likely N-dealkylation sites (tertiary alicyclic amines) is 1. The number of carbonyl (C=O) groups excluding carboxylic acids is 2. The van der Waals surface area contributed by atoms with E-state index in [0.717, 1.165) is 0 Å². The summed E-state index contributed by atoms with van der Waals surface area (Å²) in [5.74, 6) is 0.791. The van der Waals surface area contributed by atoms with Crippen molar-refractivity contribution < 1.29 is 33.6 Å².